The van der Waals surface area contributed by atoms with Crippen molar-refractivity contribution in [2.24, 2.45) is 0 Å². The van der Waals surface area contributed by atoms with Crippen LogP contribution in [-0.4, -0.2) is 22.6 Å². The van der Waals surface area contributed by atoms with Crippen LogP contribution in [0.25, 0.3) is 10.9 Å². The van der Waals surface area contributed by atoms with Crippen LogP contribution >= 0.6 is 0 Å². The number of anilines is 3. The van der Waals surface area contributed by atoms with Gasteiger partial charge in [-0.1, -0.05) is 12.8 Å². The maximum Gasteiger partial charge on any atom is 0.251 e. The van der Waals surface area contributed by atoms with Crippen molar-refractivity contribution in [1.29, 1.82) is 0 Å². The van der Waals surface area contributed by atoms with Gasteiger partial charge in [0.2, 0.25) is 0 Å². The topological polar surface area (TPSA) is 50.2 Å². The summed E-state index contributed by atoms with van der Waals surface area (Å²) in [5.41, 5.74) is 3.37. The highest BCUT2D eigenvalue weighted by atomic mass is 16.1. The average Bonchev–Trinajstić information content (AvgIpc) is 3.29. The van der Waals surface area contributed by atoms with Gasteiger partial charge >= 0.3 is 0 Å². The zero-order valence-electron chi connectivity index (χ0n) is 16.8. The summed E-state index contributed by atoms with van der Waals surface area (Å²) in [5, 5.41) is 4.43. The molecule has 150 valence electrons. The molecule has 1 saturated heterocycles. The number of benzene rings is 1. The number of fused-ring (bicyclic) bond motifs is 1. The Balaban J connectivity index is 1.41. The number of piperidine rings is 1. The number of hydrogen-bond acceptors (Lipinski definition) is 4. The molecule has 0 bridgehead atoms. The zero-order valence-corrected chi connectivity index (χ0v) is 16.8. The monoisotopic (exact) mass is 388 g/mol. The molecule has 1 aromatic carbocycles. The second kappa shape index (κ2) is 7.90. The van der Waals surface area contributed by atoms with Crippen molar-refractivity contribution < 1.29 is 0 Å². The van der Waals surface area contributed by atoms with Gasteiger partial charge in [-0.05, 0) is 62.4 Å². The summed E-state index contributed by atoms with van der Waals surface area (Å²) >= 11 is 0. The molecule has 0 unspecified atom stereocenters. The minimum Gasteiger partial charge on any atom is -0.372 e. The molecule has 1 saturated carbocycles. The molecule has 1 aliphatic heterocycles. The lowest BCUT2D eigenvalue weighted by Crippen LogP contribution is -2.29. The highest BCUT2D eigenvalue weighted by Crippen LogP contribution is 2.31. The highest BCUT2D eigenvalue weighted by Gasteiger charge is 2.20. The van der Waals surface area contributed by atoms with Gasteiger partial charge in [0.15, 0.2) is 0 Å². The standard InChI is InChI=1S/C24H28N4O/c29-24-13-8-18-17-25-23(16-22(18)28(24)21-6-2-3-7-21)26-19-9-11-20(12-10-19)27-14-4-1-5-15-27/h8-13,16-17,21H,1-7,14-15H2,(H,25,26). The summed E-state index contributed by atoms with van der Waals surface area (Å²) in [4.78, 5) is 19.6. The second-order valence-electron chi connectivity index (χ2n) is 8.33. The Labute approximate surface area is 171 Å². The van der Waals surface area contributed by atoms with E-state index in [0.29, 0.717) is 6.04 Å². The molecule has 2 fully saturated rings. The molecule has 0 amide bonds. The van der Waals surface area contributed by atoms with Gasteiger partial charge in [-0.15, -0.1) is 0 Å². The van der Waals surface area contributed by atoms with Gasteiger partial charge in [0.05, 0.1) is 5.52 Å². The molecule has 0 atom stereocenters. The van der Waals surface area contributed by atoms with Gasteiger partial charge in [-0.3, -0.25) is 4.79 Å². The largest absolute Gasteiger partial charge is 0.372 e. The van der Waals surface area contributed by atoms with Gasteiger partial charge in [0.1, 0.15) is 5.82 Å². The Morgan fingerprint density at radius 3 is 2.41 bits per heavy atom. The van der Waals surface area contributed by atoms with Crippen LogP contribution in [0.2, 0.25) is 0 Å². The molecule has 0 spiro atoms. The summed E-state index contributed by atoms with van der Waals surface area (Å²) < 4.78 is 1.98. The Morgan fingerprint density at radius 1 is 0.897 bits per heavy atom. The first-order valence-corrected chi connectivity index (χ1v) is 10.9. The van der Waals surface area contributed by atoms with Crippen molar-refractivity contribution >= 4 is 28.1 Å². The molecule has 5 heteroatoms. The molecule has 2 aliphatic rings. The van der Waals surface area contributed by atoms with E-state index in [0.717, 1.165) is 48.3 Å². The first-order chi connectivity index (χ1) is 14.3. The Hall–Kier alpha value is -2.82. The number of nitrogens with zero attached hydrogens (tertiary/aromatic N) is 3. The maximum atomic E-state index is 12.6. The van der Waals surface area contributed by atoms with Crippen molar-refractivity contribution in [2.45, 2.75) is 51.0 Å². The predicted molar refractivity (Wildman–Crippen MR) is 119 cm³/mol. The minimum absolute atomic E-state index is 0.0902. The highest BCUT2D eigenvalue weighted by molar-refractivity contribution is 5.81. The van der Waals surface area contributed by atoms with Crippen molar-refractivity contribution in [3.05, 3.63) is 59.0 Å². The average molecular weight is 389 g/mol. The van der Waals surface area contributed by atoms with Crippen molar-refractivity contribution in [1.82, 2.24) is 9.55 Å². The normalized spacial score (nSPS) is 17.7. The summed E-state index contributed by atoms with van der Waals surface area (Å²) in [6.45, 7) is 2.30. The van der Waals surface area contributed by atoms with Gasteiger partial charge < -0.3 is 14.8 Å². The SMILES string of the molecule is O=c1ccc2cnc(Nc3ccc(N4CCCCC4)cc3)cc2n1C1CCCC1. The van der Waals surface area contributed by atoms with E-state index in [9.17, 15) is 4.79 Å². The third kappa shape index (κ3) is 3.74. The van der Waals surface area contributed by atoms with E-state index >= 15 is 0 Å². The Kier molecular flexibility index (Phi) is 4.96. The molecule has 1 aliphatic carbocycles. The van der Waals surface area contributed by atoms with Crippen LogP contribution in [0, 0.1) is 0 Å². The number of aromatic nitrogens is 2. The summed E-state index contributed by atoms with van der Waals surface area (Å²) in [5.74, 6) is 0.778. The predicted octanol–water partition coefficient (Wildman–Crippen LogP) is 5.25. The van der Waals surface area contributed by atoms with Crippen LogP contribution in [0.5, 0.6) is 0 Å². The fourth-order valence-corrected chi connectivity index (χ4v) is 4.82. The quantitative estimate of drug-likeness (QED) is 0.663. The van der Waals surface area contributed by atoms with E-state index in [1.807, 2.05) is 22.9 Å². The molecule has 2 aromatic heterocycles. The van der Waals surface area contributed by atoms with Gasteiger partial charge in [0.25, 0.3) is 5.56 Å². The van der Waals surface area contributed by atoms with E-state index in [4.69, 9.17) is 0 Å². The number of nitrogens with one attached hydrogen (secondary N) is 1. The lowest BCUT2D eigenvalue weighted by atomic mass is 10.1. The molecule has 5 nitrogen and oxygen atoms in total. The lowest BCUT2D eigenvalue weighted by Gasteiger charge is -2.28. The Morgan fingerprint density at radius 2 is 1.66 bits per heavy atom. The van der Waals surface area contributed by atoms with E-state index < -0.39 is 0 Å². The number of hydrogen-bond donors (Lipinski definition) is 1. The molecular weight excluding hydrogens is 360 g/mol. The summed E-state index contributed by atoms with van der Waals surface area (Å²) in [6, 6.07) is 14.5. The number of rotatable bonds is 4. The van der Waals surface area contributed by atoms with Crippen molar-refractivity contribution in [3.63, 3.8) is 0 Å². The molecule has 3 aromatic rings. The first kappa shape index (κ1) is 18.2. The van der Waals surface area contributed by atoms with Crippen LogP contribution < -0.4 is 15.8 Å². The fourth-order valence-electron chi connectivity index (χ4n) is 4.82. The van der Waals surface area contributed by atoms with Gasteiger partial charge in [-0.25, -0.2) is 4.98 Å². The lowest BCUT2D eigenvalue weighted by molar-refractivity contribution is 0.519. The third-order valence-electron chi connectivity index (χ3n) is 6.37. The summed E-state index contributed by atoms with van der Waals surface area (Å²) in [7, 11) is 0. The fraction of sp³-hybridized carbons (Fsp3) is 0.417. The number of pyridine rings is 2. The molecule has 3 heterocycles. The molecule has 5 rings (SSSR count). The van der Waals surface area contributed by atoms with Gasteiger partial charge in [0, 0.05) is 54.2 Å². The van der Waals surface area contributed by atoms with Crippen molar-refractivity contribution in [2.75, 3.05) is 23.3 Å². The second-order valence-corrected chi connectivity index (χ2v) is 8.33. The van der Waals surface area contributed by atoms with Gasteiger partial charge in [-0.2, -0.15) is 0 Å². The van der Waals surface area contributed by atoms with Crippen molar-refractivity contribution in [3.8, 4) is 0 Å². The maximum absolute atomic E-state index is 12.6. The van der Waals surface area contributed by atoms with Crippen LogP contribution in [0.15, 0.2) is 53.5 Å². The molecular formula is C24H28N4O. The van der Waals surface area contributed by atoms with Crippen LogP contribution in [0.3, 0.4) is 0 Å². The first-order valence-electron chi connectivity index (χ1n) is 10.9. The Bertz CT molecular complexity index is 1040. The molecule has 0 radical (unpaired) electrons. The molecule has 1 N–H and O–H groups in total. The minimum atomic E-state index is 0.0902. The van der Waals surface area contributed by atoms with Crippen LogP contribution in [0.1, 0.15) is 51.0 Å². The van der Waals surface area contributed by atoms with Crippen LogP contribution in [0.4, 0.5) is 17.2 Å². The summed E-state index contributed by atoms with van der Waals surface area (Å²) in [6.07, 6.45) is 10.3. The third-order valence-corrected chi connectivity index (χ3v) is 6.37. The van der Waals surface area contributed by atoms with E-state index in [1.165, 1.54) is 37.8 Å². The van der Waals surface area contributed by atoms with Crippen LogP contribution in [-0.2, 0) is 0 Å². The van der Waals surface area contributed by atoms with E-state index in [1.54, 1.807) is 6.07 Å². The van der Waals surface area contributed by atoms with E-state index in [2.05, 4.69) is 39.5 Å². The van der Waals surface area contributed by atoms with E-state index in [-0.39, 0.29) is 5.56 Å². The smallest absolute Gasteiger partial charge is 0.251 e. The zero-order chi connectivity index (χ0) is 19.6. The molecule has 29 heavy (non-hydrogen) atoms.